The van der Waals surface area contributed by atoms with Crippen LogP contribution in [0, 0.1) is 0 Å². The lowest BCUT2D eigenvalue weighted by atomic mass is 10.4. The Labute approximate surface area is 62.5 Å². The summed E-state index contributed by atoms with van der Waals surface area (Å²) in [6, 6.07) is 3.36. The molecule has 54 valence electrons. The zero-order chi connectivity index (χ0) is 7.68. The van der Waals surface area contributed by atoms with E-state index in [-0.39, 0.29) is 0 Å². The molecule has 0 amide bonds. The Balaban J connectivity index is 2.88. The van der Waals surface area contributed by atoms with Crippen molar-refractivity contribution < 1.29 is 4.79 Å². The van der Waals surface area contributed by atoms with Crippen LogP contribution in [0.3, 0.4) is 0 Å². The first-order valence-corrected chi connectivity index (χ1v) is 3.16. The minimum atomic E-state index is 0.514. The molecule has 0 saturated heterocycles. The zero-order valence-corrected chi connectivity index (χ0v) is 5.64. The van der Waals surface area contributed by atoms with Gasteiger partial charge in [0.05, 0.1) is 6.20 Å². The van der Waals surface area contributed by atoms with E-state index in [4.69, 9.17) is 0 Å². The number of hydrogen-bond donors (Lipinski definition) is 0. The molecular weight excluding hydrogens is 142 g/mol. The molecular formula is C7H5N3O. The summed E-state index contributed by atoms with van der Waals surface area (Å²) >= 11 is 0. The number of fused-ring (bicyclic) bond motifs is 1. The Morgan fingerprint density at radius 1 is 1.36 bits per heavy atom. The lowest BCUT2D eigenvalue weighted by Crippen LogP contribution is -1.97. The molecule has 0 saturated carbocycles. The van der Waals surface area contributed by atoms with Crippen LogP contribution in [0.15, 0.2) is 24.5 Å². The van der Waals surface area contributed by atoms with Crippen LogP contribution in [-0.4, -0.2) is 20.9 Å². The van der Waals surface area contributed by atoms with Crippen molar-refractivity contribution in [1.29, 1.82) is 0 Å². The fourth-order valence-electron chi connectivity index (χ4n) is 0.943. The van der Waals surface area contributed by atoms with Gasteiger partial charge in [0, 0.05) is 12.3 Å². The minimum absolute atomic E-state index is 0.514. The minimum Gasteiger partial charge on any atom is -0.296 e. The van der Waals surface area contributed by atoms with E-state index < -0.39 is 0 Å². The Morgan fingerprint density at radius 3 is 3.09 bits per heavy atom. The van der Waals surface area contributed by atoms with Crippen molar-refractivity contribution in [2.24, 2.45) is 0 Å². The summed E-state index contributed by atoms with van der Waals surface area (Å²) in [5.41, 5.74) is 1.20. The molecule has 0 radical (unpaired) electrons. The van der Waals surface area contributed by atoms with E-state index in [2.05, 4.69) is 10.1 Å². The average molecular weight is 147 g/mol. The van der Waals surface area contributed by atoms with Crippen LogP contribution >= 0.6 is 0 Å². The zero-order valence-electron chi connectivity index (χ0n) is 5.64. The van der Waals surface area contributed by atoms with Crippen molar-refractivity contribution in [3.05, 3.63) is 30.2 Å². The average Bonchev–Trinajstić information content (AvgIpc) is 2.50. The van der Waals surface area contributed by atoms with E-state index >= 15 is 0 Å². The summed E-state index contributed by atoms with van der Waals surface area (Å²) in [6.45, 7) is 0. The second-order valence-corrected chi connectivity index (χ2v) is 2.09. The van der Waals surface area contributed by atoms with E-state index in [1.54, 1.807) is 24.5 Å². The summed E-state index contributed by atoms with van der Waals surface area (Å²) in [4.78, 5) is 14.4. The van der Waals surface area contributed by atoms with Gasteiger partial charge in [-0.2, -0.15) is 5.10 Å². The van der Waals surface area contributed by atoms with Crippen LogP contribution in [-0.2, 0) is 0 Å². The van der Waals surface area contributed by atoms with Gasteiger partial charge in [-0.05, 0) is 6.07 Å². The molecule has 0 N–H and O–H groups in total. The Bertz CT molecular complexity index is 393. The van der Waals surface area contributed by atoms with Crippen molar-refractivity contribution in [2.45, 2.75) is 0 Å². The van der Waals surface area contributed by atoms with E-state index in [9.17, 15) is 4.79 Å². The molecule has 0 aromatic carbocycles. The summed E-state index contributed by atoms with van der Waals surface area (Å²) < 4.78 is 1.49. The fraction of sp³-hybridized carbons (Fsp3) is 0. The van der Waals surface area contributed by atoms with E-state index in [1.807, 2.05) is 0 Å². The van der Waals surface area contributed by atoms with Gasteiger partial charge in [-0.25, -0.2) is 9.50 Å². The molecule has 4 heteroatoms. The van der Waals surface area contributed by atoms with Crippen molar-refractivity contribution in [3.8, 4) is 0 Å². The Morgan fingerprint density at radius 2 is 2.27 bits per heavy atom. The van der Waals surface area contributed by atoms with Crippen molar-refractivity contribution in [3.63, 3.8) is 0 Å². The van der Waals surface area contributed by atoms with E-state index in [0.29, 0.717) is 11.3 Å². The third kappa shape index (κ3) is 0.797. The molecule has 2 heterocycles. The topological polar surface area (TPSA) is 47.3 Å². The molecule has 0 fully saturated rings. The maximum atomic E-state index is 10.4. The fourth-order valence-corrected chi connectivity index (χ4v) is 0.943. The van der Waals surface area contributed by atoms with Gasteiger partial charge in [-0.1, -0.05) is 0 Å². The second-order valence-electron chi connectivity index (χ2n) is 2.09. The SMILES string of the molecule is O=Cc1ccnc2ccnn12. The third-order valence-corrected chi connectivity index (χ3v) is 1.44. The summed E-state index contributed by atoms with van der Waals surface area (Å²) in [5.74, 6) is 0. The number of rotatable bonds is 1. The van der Waals surface area contributed by atoms with Crippen molar-refractivity contribution in [1.82, 2.24) is 14.6 Å². The highest BCUT2D eigenvalue weighted by Gasteiger charge is 1.97. The highest BCUT2D eigenvalue weighted by molar-refractivity contribution is 5.73. The first-order valence-electron chi connectivity index (χ1n) is 3.16. The monoisotopic (exact) mass is 147 g/mol. The van der Waals surface area contributed by atoms with Crippen LogP contribution in [0.2, 0.25) is 0 Å². The van der Waals surface area contributed by atoms with Crippen molar-refractivity contribution in [2.75, 3.05) is 0 Å². The number of carbonyl (C=O) groups is 1. The molecule has 4 nitrogen and oxygen atoms in total. The van der Waals surface area contributed by atoms with Gasteiger partial charge < -0.3 is 0 Å². The molecule has 0 bridgehead atoms. The van der Waals surface area contributed by atoms with Gasteiger partial charge in [0.2, 0.25) is 0 Å². The second kappa shape index (κ2) is 2.16. The van der Waals surface area contributed by atoms with Crippen molar-refractivity contribution >= 4 is 11.9 Å². The number of carbonyl (C=O) groups excluding carboxylic acids is 1. The number of hydrogen-bond acceptors (Lipinski definition) is 3. The molecule has 0 spiro atoms. The first-order chi connectivity index (χ1) is 5.42. The molecule has 11 heavy (non-hydrogen) atoms. The van der Waals surface area contributed by atoms with Gasteiger partial charge in [-0.3, -0.25) is 4.79 Å². The molecule has 0 aliphatic rings. The van der Waals surface area contributed by atoms with Crippen LogP contribution in [0.5, 0.6) is 0 Å². The molecule has 2 aromatic heterocycles. The molecule has 2 aromatic rings. The quantitative estimate of drug-likeness (QED) is 0.553. The van der Waals surface area contributed by atoms with Crippen LogP contribution < -0.4 is 0 Å². The molecule has 0 atom stereocenters. The third-order valence-electron chi connectivity index (χ3n) is 1.44. The van der Waals surface area contributed by atoms with Gasteiger partial charge in [0.25, 0.3) is 0 Å². The number of aromatic nitrogens is 3. The van der Waals surface area contributed by atoms with Gasteiger partial charge in [-0.15, -0.1) is 0 Å². The lowest BCUT2D eigenvalue weighted by Gasteiger charge is -1.93. The van der Waals surface area contributed by atoms with E-state index in [1.165, 1.54) is 4.52 Å². The predicted molar refractivity (Wildman–Crippen MR) is 38.4 cm³/mol. The van der Waals surface area contributed by atoms with Gasteiger partial charge in [0.15, 0.2) is 11.9 Å². The van der Waals surface area contributed by atoms with Crippen LogP contribution in [0.25, 0.3) is 5.65 Å². The highest BCUT2D eigenvalue weighted by atomic mass is 16.1. The lowest BCUT2D eigenvalue weighted by molar-refractivity contribution is 0.111. The van der Waals surface area contributed by atoms with Gasteiger partial charge in [0.1, 0.15) is 5.69 Å². The summed E-state index contributed by atoms with van der Waals surface area (Å²) in [6.07, 6.45) is 3.94. The molecule has 0 unspecified atom stereocenters. The number of aldehydes is 1. The normalized spacial score (nSPS) is 10.2. The Kier molecular flexibility index (Phi) is 1.18. The summed E-state index contributed by atoms with van der Waals surface area (Å²) in [5, 5.41) is 3.91. The molecule has 2 rings (SSSR count). The first kappa shape index (κ1) is 6.03. The van der Waals surface area contributed by atoms with Crippen LogP contribution in [0.4, 0.5) is 0 Å². The molecule has 0 aliphatic heterocycles. The predicted octanol–water partition coefficient (Wildman–Crippen LogP) is 0.542. The standard InChI is InChI=1S/C7H5N3O/c11-5-6-1-3-8-7-2-4-9-10(6)7/h1-5H. The van der Waals surface area contributed by atoms with Gasteiger partial charge >= 0.3 is 0 Å². The Hall–Kier alpha value is -1.71. The van der Waals surface area contributed by atoms with Crippen LogP contribution in [0.1, 0.15) is 10.5 Å². The van der Waals surface area contributed by atoms with E-state index in [0.717, 1.165) is 6.29 Å². The largest absolute Gasteiger partial charge is 0.296 e. The molecule has 0 aliphatic carbocycles. The maximum absolute atomic E-state index is 10.4. The highest BCUT2D eigenvalue weighted by Crippen LogP contribution is 1.99. The smallest absolute Gasteiger partial charge is 0.168 e. The number of nitrogens with zero attached hydrogens (tertiary/aromatic N) is 3. The maximum Gasteiger partial charge on any atom is 0.168 e. The summed E-state index contributed by atoms with van der Waals surface area (Å²) in [7, 11) is 0.